The first-order chi connectivity index (χ1) is 12.7. The first-order valence-corrected chi connectivity index (χ1v) is 9.48. The lowest BCUT2D eigenvalue weighted by Gasteiger charge is -2.10. The van der Waals surface area contributed by atoms with Crippen LogP contribution in [0.4, 0.5) is 11.5 Å². The van der Waals surface area contributed by atoms with Crippen molar-refractivity contribution in [1.29, 1.82) is 0 Å². The van der Waals surface area contributed by atoms with Crippen LogP contribution in [0.25, 0.3) is 21.3 Å². The summed E-state index contributed by atoms with van der Waals surface area (Å²) in [4.78, 5) is 9.67. The van der Waals surface area contributed by atoms with E-state index in [1.54, 1.807) is 29.5 Å². The van der Waals surface area contributed by atoms with Gasteiger partial charge in [-0.1, -0.05) is 42.8 Å². The first-order valence-electron chi connectivity index (χ1n) is 8.22. The summed E-state index contributed by atoms with van der Waals surface area (Å²) < 4.78 is 0. The summed E-state index contributed by atoms with van der Waals surface area (Å²) >= 11 is 7.63. The Morgan fingerprint density at radius 3 is 2.69 bits per heavy atom. The molecule has 0 saturated heterocycles. The van der Waals surface area contributed by atoms with Crippen LogP contribution in [0.15, 0.2) is 54.2 Å². The Morgan fingerprint density at radius 2 is 1.92 bits per heavy atom. The molecule has 6 heteroatoms. The third kappa shape index (κ3) is 3.11. The van der Waals surface area contributed by atoms with E-state index in [0.29, 0.717) is 16.5 Å². The van der Waals surface area contributed by atoms with Crippen LogP contribution in [0, 0.1) is 0 Å². The zero-order chi connectivity index (χ0) is 18.1. The fraction of sp³-hybridized carbons (Fsp3) is 0.100. The smallest absolute Gasteiger partial charge is 0.143 e. The highest BCUT2D eigenvalue weighted by molar-refractivity contribution is 7.17. The lowest BCUT2D eigenvalue weighted by atomic mass is 10.0. The van der Waals surface area contributed by atoms with Crippen molar-refractivity contribution in [3.05, 3.63) is 64.8 Å². The molecule has 4 nitrogen and oxygen atoms in total. The van der Waals surface area contributed by atoms with E-state index in [1.807, 2.05) is 0 Å². The van der Waals surface area contributed by atoms with Crippen LogP contribution in [-0.4, -0.2) is 15.1 Å². The molecule has 2 aromatic heterocycles. The molecule has 0 bridgehead atoms. The van der Waals surface area contributed by atoms with Gasteiger partial charge >= 0.3 is 0 Å². The predicted molar refractivity (Wildman–Crippen MR) is 109 cm³/mol. The van der Waals surface area contributed by atoms with Crippen LogP contribution in [0.5, 0.6) is 5.75 Å². The molecule has 0 spiro atoms. The second-order valence-electron chi connectivity index (χ2n) is 5.89. The number of phenolic OH excluding ortho intramolecular Hbond substituents is 1. The predicted octanol–water partition coefficient (Wildman–Crippen LogP) is 6.02. The summed E-state index contributed by atoms with van der Waals surface area (Å²) in [6.07, 6.45) is 2.53. The molecule has 0 saturated carbocycles. The van der Waals surface area contributed by atoms with E-state index < -0.39 is 0 Å². The molecule has 0 unspecified atom stereocenters. The molecule has 130 valence electrons. The summed E-state index contributed by atoms with van der Waals surface area (Å²) in [5.74, 6) is 0.758. The largest absolute Gasteiger partial charge is 0.506 e. The van der Waals surface area contributed by atoms with Gasteiger partial charge in [0.2, 0.25) is 0 Å². The van der Waals surface area contributed by atoms with Gasteiger partial charge in [-0.05, 0) is 35.7 Å². The molecule has 2 aromatic carbocycles. The van der Waals surface area contributed by atoms with Crippen molar-refractivity contribution in [3.63, 3.8) is 0 Å². The maximum Gasteiger partial charge on any atom is 0.143 e. The molecule has 0 aliphatic rings. The number of aromatic nitrogens is 2. The van der Waals surface area contributed by atoms with Gasteiger partial charge in [0.15, 0.2) is 0 Å². The highest BCUT2D eigenvalue weighted by Gasteiger charge is 2.14. The number of fused-ring (bicyclic) bond motifs is 1. The number of benzene rings is 2. The van der Waals surface area contributed by atoms with Gasteiger partial charge in [-0.2, -0.15) is 0 Å². The van der Waals surface area contributed by atoms with Crippen LogP contribution in [-0.2, 0) is 6.42 Å². The van der Waals surface area contributed by atoms with E-state index >= 15 is 0 Å². The van der Waals surface area contributed by atoms with Crippen molar-refractivity contribution < 1.29 is 5.11 Å². The van der Waals surface area contributed by atoms with Gasteiger partial charge in [0.25, 0.3) is 0 Å². The lowest BCUT2D eigenvalue weighted by molar-refractivity contribution is 0.478. The monoisotopic (exact) mass is 381 g/mol. The third-order valence-corrected chi connectivity index (χ3v) is 5.38. The normalized spacial score (nSPS) is 11.0. The van der Waals surface area contributed by atoms with Crippen LogP contribution < -0.4 is 5.32 Å². The average molecular weight is 382 g/mol. The number of nitrogens with zero attached hydrogens (tertiary/aromatic N) is 2. The number of anilines is 2. The van der Waals surface area contributed by atoms with Crippen molar-refractivity contribution in [2.45, 2.75) is 13.3 Å². The van der Waals surface area contributed by atoms with Crippen molar-refractivity contribution in [1.82, 2.24) is 9.97 Å². The van der Waals surface area contributed by atoms with Crippen LogP contribution in [0.3, 0.4) is 0 Å². The zero-order valence-corrected chi connectivity index (χ0v) is 15.6. The summed E-state index contributed by atoms with van der Waals surface area (Å²) in [6.45, 7) is 2.14. The van der Waals surface area contributed by atoms with Crippen molar-refractivity contribution in [2.24, 2.45) is 0 Å². The standard InChI is InChI=1S/C20H16ClN3OS/c1-2-12-3-5-13(6-4-12)15-10-26-20-18(15)19(22-11-23-20)24-16-9-14(21)7-8-17(16)25/h3-11,25H,2H2,1H3,(H,22,23,24). The van der Waals surface area contributed by atoms with Gasteiger partial charge in [-0.25, -0.2) is 9.97 Å². The molecule has 4 aromatic rings. The van der Waals surface area contributed by atoms with Crippen molar-refractivity contribution >= 4 is 44.7 Å². The van der Waals surface area contributed by atoms with E-state index in [4.69, 9.17) is 11.6 Å². The Morgan fingerprint density at radius 1 is 1.12 bits per heavy atom. The quantitative estimate of drug-likeness (QED) is 0.424. The number of hydrogen-bond acceptors (Lipinski definition) is 5. The number of phenols is 1. The zero-order valence-electron chi connectivity index (χ0n) is 14.0. The van der Waals surface area contributed by atoms with E-state index in [-0.39, 0.29) is 5.75 Å². The lowest BCUT2D eigenvalue weighted by Crippen LogP contribution is -1.96. The van der Waals surface area contributed by atoms with Gasteiger partial charge in [0.05, 0.1) is 11.1 Å². The Kier molecular flexibility index (Phi) is 4.49. The van der Waals surface area contributed by atoms with Gasteiger partial charge in [0, 0.05) is 16.0 Å². The third-order valence-electron chi connectivity index (χ3n) is 4.26. The minimum atomic E-state index is 0.116. The Hall–Kier alpha value is -2.63. The van der Waals surface area contributed by atoms with Gasteiger partial charge < -0.3 is 10.4 Å². The summed E-state index contributed by atoms with van der Waals surface area (Å²) in [5, 5.41) is 16.9. The minimum absolute atomic E-state index is 0.116. The van der Waals surface area contributed by atoms with Gasteiger partial charge in [-0.3, -0.25) is 0 Å². The maximum atomic E-state index is 10.1. The van der Waals surface area contributed by atoms with Crippen LogP contribution in [0.2, 0.25) is 5.02 Å². The molecular formula is C20H16ClN3OS. The highest BCUT2D eigenvalue weighted by Crippen LogP contribution is 2.39. The number of rotatable bonds is 4. The Labute approximate surface area is 160 Å². The molecule has 2 heterocycles. The molecule has 0 aliphatic carbocycles. The molecule has 26 heavy (non-hydrogen) atoms. The van der Waals surface area contributed by atoms with Crippen LogP contribution in [0.1, 0.15) is 12.5 Å². The molecule has 0 aliphatic heterocycles. The maximum absolute atomic E-state index is 10.1. The Bertz CT molecular complexity index is 1080. The van der Waals surface area contributed by atoms with E-state index in [9.17, 15) is 5.11 Å². The summed E-state index contributed by atoms with van der Waals surface area (Å²) in [5.41, 5.74) is 3.99. The fourth-order valence-corrected chi connectivity index (χ4v) is 3.93. The SMILES string of the molecule is CCc1ccc(-c2csc3ncnc(Nc4cc(Cl)ccc4O)c23)cc1. The number of aryl methyl sites for hydroxylation is 1. The van der Waals surface area contributed by atoms with E-state index in [0.717, 1.165) is 27.8 Å². The molecular weight excluding hydrogens is 366 g/mol. The number of aromatic hydroxyl groups is 1. The second-order valence-corrected chi connectivity index (χ2v) is 7.18. The number of halogens is 1. The highest BCUT2D eigenvalue weighted by atomic mass is 35.5. The second kappa shape index (κ2) is 6.94. The molecule has 0 amide bonds. The van der Waals surface area contributed by atoms with Gasteiger partial charge in [0.1, 0.15) is 22.7 Å². The van der Waals surface area contributed by atoms with E-state index in [1.165, 1.54) is 11.9 Å². The molecule has 0 radical (unpaired) electrons. The first kappa shape index (κ1) is 16.8. The van der Waals surface area contributed by atoms with Crippen molar-refractivity contribution in [2.75, 3.05) is 5.32 Å². The Balaban J connectivity index is 1.82. The number of nitrogens with one attached hydrogen (secondary N) is 1. The van der Waals surface area contributed by atoms with Gasteiger partial charge in [-0.15, -0.1) is 11.3 Å². The summed E-state index contributed by atoms with van der Waals surface area (Å²) in [6, 6.07) is 13.4. The number of hydrogen-bond donors (Lipinski definition) is 2. The molecule has 2 N–H and O–H groups in total. The van der Waals surface area contributed by atoms with Crippen molar-refractivity contribution in [3.8, 4) is 16.9 Å². The topological polar surface area (TPSA) is 58.0 Å². The minimum Gasteiger partial charge on any atom is -0.506 e. The fourth-order valence-electron chi connectivity index (χ4n) is 2.84. The average Bonchev–Trinajstić information content (AvgIpc) is 3.10. The number of thiophene rings is 1. The van der Waals surface area contributed by atoms with Crippen LogP contribution >= 0.6 is 22.9 Å². The molecule has 4 rings (SSSR count). The van der Waals surface area contributed by atoms with E-state index in [2.05, 4.69) is 51.9 Å². The molecule has 0 fully saturated rings. The summed E-state index contributed by atoms with van der Waals surface area (Å²) in [7, 11) is 0. The molecule has 0 atom stereocenters.